The third-order valence-corrected chi connectivity index (χ3v) is 3.04. The Hall–Kier alpha value is -2.89. The van der Waals surface area contributed by atoms with Crippen molar-refractivity contribution in [1.82, 2.24) is 4.98 Å². The lowest BCUT2D eigenvalue weighted by atomic mass is 10.1. The van der Waals surface area contributed by atoms with Crippen molar-refractivity contribution in [2.24, 2.45) is 0 Å². The number of H-pyrrole nitrogens is 1. The Labute approximate surface area is 120 Å². The van der Waals surface area contributed by atoms with Gasteiger partial charge in [-0.1, -0.05) is 12.1 Å². The van der Waals surface area contributed by atoms with E-state index < -0.39 is 17.3 Å². The number of nitrogens with one attached hydrogen (secondary N) is 2. The van der Waals surface area contributed by atoms with Gasteiger partial charge in [0, 0.05) is 18.0 Å². The van der Waals surface area contributed by atoms with E-state index in [0.29, 0.717) is 11.3 Å². The molecule has 0 saturated heterocycles. The van der Waals surface area contributed by atoms with Crippen molar-refractivity contribution < 1.29 is 14.7 Å². The first kappa shape index (κ1) is 14.5. The summed E-state index contributed by atoms with van der Waals surface area (Å²) in [6, 6.07) is 5.98. The number of benzene rings is 1. The van der Waals surface area contributed by atoms with Crippen LogP contribution in [-0.2, 0) is 0 Å². The van der Waals surface area contributed by atoms with E-state index in [1.807, 2.05) is 0 Å². The van der Waals surface area contributed by atoms with Crippen LogP contribution in [-0.4, -0.2) is 22.0 Å². The lowest BCUT2D eigenvalue weighted by Crippen LogP contribution is -2.23. The summed E-state index contributed by atoms with van der Waals surface area (Å²) >= 11 is 0. The van der Waals surface area contributed by atoms with E-state index in [0.717, 1.165) is 0 Å². The molecule has 0 spiro atoms. The molecule has 108 valence electrons. The van der Waals surface area contributed by atoms with E-state index >= 15 is 0 Å². The third-order valence-electron chi connectivity index (χ3n) is 3.04. The average molecular weight is 286 g/mol. The van der Waals surface area contributed by atoms with Gasteiger partial charge in [-0.3, -0.25) is 9.59 Å². The molecule has 0 aliphatic rings. The summed E-state index contributed by atoms with van der Waals surface area (Å²) in [5.74, 6) is -1.79. The van der Waals surface area contributed by atoms with Gasteiger partial charge >= 0.3 is 5.97 Å². The van der Waals surface area contributed by atoms with Crippen molar-refractivity contribution in [3.63, 3.8) is 0 Å². The number of aromatic carboxylic acids is 1. The highest BCUT2D eigenvalue weighted by Gasteiger charge is 2.17. The molecular formula is C15H14N2O4. The molecule has 1 aromatic heterocycles. The van der Waals surface area contributed by atoms with Crippen LogP contribution in [0.5, 0.6) is 0 Å². The van der Waals surface area contributed by atoms with Crippen molar-refractivity contribution in [3.8, 4) is 0 Å². The second kappa shape index (κ2) is 5.62. The molecule has 0 saturated carbocycles. The number of rotatable bonds is 3. The van der Waals surface area contributed by atoms with Crippen LogP contribution in [0, 0.1) is 13.8 Å². The molecule has 0 unspecified atom stereocenters. The lowest BCUT2D eigenvalue weighted by Gasteiger charge is -2.11. The molecular weight excluding hydrogens is 272 g/mol. The number of aromatic nitrogens is 1. The van der Waals surface area contributed by atoms with Gasteiger partial charge in [-0.2, -0.15) is 0 Å². The summed E-state index contributed by atoms with van der Waals surface area (Å²) in [6.45, 7) is 3.38. The summed E-state index contributed by atoms with van der Waals surface area (Å²) < 4.78 is 0. The van der Waals surface area contributed by atoms with Crippen molar-refractivity contribution in [2.75, 3.05) is 5.32 Å². The maximum Gasteiger partial charge on any atom is 0.337 e. The van der Waals surface area contributed by atoms with E-state index in [1.54, 1.807) is 26.0 Å². The number of amides is 1. The molecule has 21 heavy (non-hydrogen) atoms. The molecule has 1 aromatic carbocycles. The van der Waals surface area contributed by atoms with Gasteiger partial charge in [0.15, 0.2) is 5.43 Å². The minimum Gasteiger partial charge on any atom is -0.478 e. The van der Waals surface area contributed by atoms with Gasteiger partial charge in [0.2, 0.25) is 0 Å². The highest BCUT2D eigenvalue weighted by molar-refractivity contribution is 6.08. The monoisotopic (exact) mass is 286 g/mol. The molecule has 0 bridgehead atoms. The smallest absolute Gasteiger partial charge is 0.337 e. The maximum atomic E-state index is 12.1. The van der Waals surface area contributed by atoms with Crippen molar-refractivity contribution in [3.05, 3.63) is 63.1 Å². The Bertz CT molecular complexity index is 777. The Balaban J connectivity index is 2.41. The summed E-state index contributed by atoms with van der Waals surface area (Å²) in [5, 5.41) is 11.6. The predicted molar refractivity (Wildman–Crippen MR) is 77.9 cm³/mol. The number of aromatic amines is 1. The second-order valence-corrected chi connectivity index (χ2v) is 4.65. The van der Waals surface area contributed by atoms with Crippen LogP contribution in [0.15, 0.2) is 35.3 Å². The summed E-state index contributed by atoms with van der Waals surface area (Å²) in [7, 11) is 0. The minimum absolute atomic E-state index is 0.0214. The van der Waals surface area contributed by atoms with Crippen molar-refractivity contribution in [2.45, 2.75) is 13.8 Å². The Morgan fingerprint density at radius 1 is 1.19 bits per heavy atom. The number of pyridine rings is 1. The first-order valence-electron chi connectivity index (χ1n) is 6.23. The van der Waals surface area contributed by atoms with Gasteiger partial charge in [0.05, 0.1) is 11.3 Å². The van der Waals surface area contributed by atoms with Gasteiger partial charge < -0.3 is 15.4 Å². The highest BCUT2D eigenvalue weighted by atomic mass is 16.4. The molecule has 0 aliphatic carbocycles. The number of carboxylic acid groups (broad SMARTS) is 1. The van der Waals surface area contributed by atoms with Crippen LogP contribution in [0.25, 0.3) is 0 Å². The minimum atomic E-state index is -1.15. The van der Waals surface area contributed by atoms with E-state index in [1.165, 1.54) is 18.3 Å². The first-order valence-corrected chi connectivity index (χ1v) is 6.23. The second-order valence-electron chi connectivity index (χ2n) is 4.65. The first-order chi connectivity index (χ1) is 9.90. The fourth-order valence-corrected chi connectivity index (χ4v) is 1.94. The molecule has 3 N–H and O–H groups in total. The van der Waals surface area contributed by atoms with E-state index in [9.17, 15) is 14.4 Å². The molecule has 0 fully saturated rings. The number of carbonyl (C=O) groups is 2. The summed E-state index contributed by atoms with van der Waals surface area (Å²) in [5.41, 5.74) is 0.918. The summed E-state index contributed by atoms with van der Waals surface area (Å²) in [4.78, 5) is 37.9. The number of anilines is 1. The summed E-state index contributed by atoms with van der Waals surface area (Å²) in [6.07, 6.45) is 1.31. The molecule has 1 amide bonds. The topological polar surface area (TPSA) is 99.3 Å². The average Bonchev–Trinajstić information content (AvgIpc) is 2.40. The SMILES string of the molecule is Cc1cc(=O)c(C(=O)Nc2c(C)cccc2C(=O)O)c[nH]1. The predicted octanol–water partition coefficient (Wildman–Crippen LogP) is 1.94. The number of aryl methyl sites for hydroxylation is 2. The zero-order chi connectivity index (χ0) is 15.6. The lowest BCUT2D eigenvalue weighted by molar-refractivity contribution is 0.0698. The van der Waals surface area contributed by atoms with Crippen LogP contribution < -0.4 is 10.7 Å². The number of carboxylic acids is 1. The molecule has 2 aromatic rings. The largest absolute Gasteiger partial charge is 0.478 e. The Morgan fingerprint density at radius 3 is 2.52 bits per heavy atom. The number of carbonyl (C=O) groups excluding carboxylic acids is 1. The third kappa shape index (κ3) is 3.00. The zero-order valence-corrected chi connectivity index (χ0v) is 11.6. The van der Waals surface area contributed by atoms with Crippen LogP contribution >= 0.6 is 0 Å². The fraction of sp³-hybridized carbons (Fsp3) is 0.133. The van der Waals surface area contributed by atoms with Gasteiger partial charge in [0.25, 0.3) is 5.91 Å². The van der Waals surface area contributed by atoms with Gasteiger partial charge in [-0.25, -0.2) is 4.79 Å². The Kier molecular flexibility index (Phi) is 3.89. The molecule has 0 aliphatic heterocycles. The number of hydrogen-bond acceptors (Lipinski definition) is 3. The van der Waals surface area contributed by atoms with Crippen LogP contribution in [0.2, 0.25) is 0 Å². The van der Waals surface area contributed by atoms with Crippen LogP contribution in [0.3, 0.4) is 0 Å². The van der Waals surface area contributed by atoms with Crippen molar-refractivity contribution in [1.29, 1.82) is 0 Å². The van der Waals surface area contributed by atoms with Crippen molar-refractivity contribution >= 4 is 17.6 Å². The van der Waals surface area contributed by atoms with Gasteiger partial charge in [0.1, 0.15) is 5.56 Å². The van der Waals surface area contributed by atoms with Gasteiger partial charge in [-0.05, 0) is 25.5 Å². The zero-order valence-electron chi connectivity index (χ0n) is 11.6. The fourth-order valence-electron chi connectivity index (χ4n) is 1.94. The number of para-hydroxylation sites is 1. The van der Waals surface area contributed by atoms with Gasteiger partial charge in [-0.15, -0.1) is 0 Å². The van der Waals surface area contributed by atoms with E-state index in [2.05, 4.69) is 10.3 Å². The highest BCUT2D eigenvalue weighted by Crippen LogP contribution is 2.21. The molecule has 2 rings (SSSR count). The van der Waals surface area contributed by atoms with E-state index in [4.69, 9.17) is 5.11 Å². The quantitative estimate of drug-likeness (QED) is 0.802. The van der Waals surface area contributed by atoms with Crippen LogP contribution in [0.1, 0.15) is 32.0 Å². The molecule has 1 heterocycles. The Morgan fingerprint density at radius 2 is 1.90 bits per heavy atom. The molecule has 0 radical (unpaired) electrons. The molecule has 6 heteroatoms. The molecule has 6 nitrogen and oxygen atoms in total. The normalized spacial score (nSPS) is 10.2. The van der Waals surface area contributed by atoms with Crippen LogP contribution in [0.4, 0.5) is 5.69 Å². The number of hydrogen-bond donors (Lipinski definition) is 3. The standard InChI is InChI=1S/C15H14N2O4/c1-8-4-3-5-10(15(20)21)13(8)17-14(19)11-7-16-9(2)6-12(11)18/h3-7H,1-2H3,(H,16,18)(H,17,19)(H,20,21). The maximum absolute atomic E-state index is 12.1. The van der Waals surface area contributed by atoms with E-state index in [-0.39, 0.29) is 16.8 Å². The molecule has 0 atom stereocenters.